The lowest BCUT2D eigenvalue weighted by Gasteiger charge is -2.17. The fourth-order valence-electron chi connectivity index (χ4n) is 2.78. The Labute approximate surface area is 129 Å². The molecule has 0 bridgehead atoms. The molecule has 118 valence electrons. The fraction of sp³-hybridized carbons (Fsp3) is 0.667. The number of rotatable bonds is 8. The van der Waals surface area contributed by atoms with Crippen molar-refractivity contribution in [1.82, 2.24) is 5.32 Å². The van der Waals surface area contributed by atoms with Gasteiger partial charge in [0.1, 0.15) is 5.75 Å². The van der Waals surface area contributed by atoms with E-state index in [0.29, 0.717) is 12.1 Å². The minimum absolute atomic E-state index is 0.221. The van der Waals surface area contributed by atoms with Crippen molar-refractivity contribution in [2.24, 2.45) is 0 Å². The van der Waals surface area contributed by atoms with Crippen LogP contribution in [0.4, 0.5) is 0 Å². The molecule has 0 amide bonds. The zero-order valence-corrected chi connectivity index (χ0v) is 13.6. The highest BCUT2D eigenvalue weighted by molar-refractivity contribution is 5.29. The van der Waals surface area contributed by atoms with Gasteiger partial charge in [0.15, 0.2) is 0 Å². The first kappa shape index (κ1) is 16.3. The lowest BCUT2D eigenvalue weighted by Crippen LogP contribution is -2.25. The lowest BCUT2D eigenvalue weighted by molar-refractivity contribution is 0.0593. The Morgan fingerprint density at radius 2 is 1.76 bits per heavy atom. The van der Waals surface area contributed by atoms with E-state index in [9.17, 15) is 0 Å². The van der Waals surface area contributed by atoms with Crippen LogP contribution >= 0.6 is 0 Å². The second kappa shape index (κ2) is 8.40. The van der Waals surface area contributed by atoms with E-state index in [1.54, 1.807) is 0 Å². The average molecular weight is 291 g/mol. The second-order valence-corrected chi connectivity index (χ2v) is 6.19. The maximum atomic E-state index is 5.87. The molecule has 2 rings (SSSR count). The Morgan fingerprint density at radius 1 is 1.10 bits per heavy atom. The Kier molecular flexibility index (Phi) is 6.52. The van der Waals surface area contributed by atoms with Gasteiger partial charge in [0, 0.05) is 12.6 Å². The molecule has 1 aromatic carbocycles. The van der Waals surface area contributed by atoms with E-state index < -0.39 is 0 Å². The molecule has 1 atom stereocenters. The highest BCUT2D eigenvalue weighted by Crippen LogP contribution is 2.21. The molecule has 0 aliphatic heterocycles. The first-order valence-electron chi connectivity index (χ1n) is 8.27. The highest BCUT2D eigenvalue weighted by Gasteiger charge is 2.14. The van der Waals surface area contributed by atoms with Crippen LogP contribution < -0.4 is 10.1 Å². The minimum atomic E-state index is 0.221. The molecule has 1 saturated carbocycles. The van der Waals surface area contributed by atoms with Gasteiger partial charge >= 0.3 is 0 Å². The molecule has 0 radical (unpaired) electrons. The van der Waals surface area contributed by atoms with Gasteiger partial charge in [-0.1, -0.05) is 25.0 Å². The van der Waals surface area contributed by atoms with Gasteiger partial charge < -0.3 is 14.8 Å². The van der Waals surface area contributed by atoms with Crippen molar-refractivity contribution in [3.8, 4) is 5.75 Å². The van der Waals surface area contributed by atoms with Crippen LogP contribution in [0.2, 0.25) is 0 Å². The third-order valence-corrected chi connectivity index (χ3v) is 3.96. The summed E-state index contributed by atoms with van der Waals surface area (Å²) >= 11 is 0. The minimum Gasteiger partial charge on any atom is -0.491 e. The van der Waals surface area contributed by atoms with Gasteiger partial charge in [-0.25, -0.2) is 0 Å². The third-order valence-electron chi connectivity index (χ3n) is 3.96. The van der Waals surface area contributed by atoms with Crippen molar-refractivity contribution in [3.63, 3.8) is 0 Å². The molecule has 0 saturated heterocycles. The van der Waals surface area contributed by atoms with E-state index in [1.165, 1.54) is 31.2 Å². The molecule has 1 fully saturated rings. The molecule has 1 N–H and O–H groups in total. The molecule has 3 nitrogen and oxygen atoms in total. The van der Waals surface area contributed by atoms with E-state index >= 15 is 0 Å². The van der Waals surface area contributed by atoms with Crippen LogP contribution in [-0.4, -0.2) is 25.4 Å². The lowest BCUT2D eigenvalue weighted by atomic mass is 10.1. The standard InChI is InChI=1S/C18H29NO2/c1-14(2)21-18-10-8-16(9-11-18)15(3)19-12-13-20-17-6-4-5-7-17/h8-11,14-15,17,19H,4-7,12-13H2,1-3H3. The summed E-state index contributed by atoms with van der Waals surface area (Å²) in [5.41, 5.74) is 1.28. The second-order valence-electron chi connectivity index (χ2n) is 6.19. The van der Waals surface area contributed by atoms with Crippen LogP contribution in [0, 0.1) is 0 Å². The number of benzene rings is 1. The molecular weight excluding hydrogens is 262 g/mol. The summed E-state index contributed by atoms with van der Waals surface area (Å²) in [6.45, 7) is 7.99. The molecule has 1 unspecified atom stereocenters. The highest BCUT2D eigenvalue weighted by atomic mass is 16.5. The first-order valence-corrected chi connectivity index (χ1v) is 8.27. The first-order chi connectivity index (χ1) is 10.1. The van der Waals surface area contributed by atoms with Gasteiger partial charge in [0.2, 0.25) is 0 Å². The summed E-state index contributed by atoms with van der Waals surface area (Å²) in [6.07, 6.45) is 5.88. The van der Waals surface area contributed by atoms with Crippen LogP contribution in [0.5, 0.6) is 5.75 Å². The summed E-state index contributed by atoms with van der Waals surface area (Å²) in [7, 11) is 0. The maximum Gasteiger partial charge on any atom is 0.119 e. The van der Waals surface area contributed by atoms with Crippen molar-refractivity contribution in [3.05, 3.63) is 29.8 Å². The Balaban J connectivity index is 1.68. The summed E-state index contributed by atoms with van der Waals surface area (Å²) in [6, 6.07) is 8.69. The topological polar surface area (TPSA) is 30.5 Å². The Morgan fingerprint density at radius 3 is 2.38 bits per heavy atom. The van der Waals surface area contributed by atoms with Gasteiger partial charge in [-0.05, 0) is 51.3 Å². The SMILES string of the molecule is CC(C)Oc1ccc(C(C)NCCOC2CCCC2)cc1. The van der Waals surface area contributed by atoms with Crippen molar-refractivity contribution in [2.45, 2.75) is 64.7 Å². The molecule has 0 spiro atoms. The smallest absolute Gasteiger partial charge is 0.119 e. The van der Waals surface area contributed by atoms with Crippen LogP contribution in [0.25, 0.3) is 0 Å². The van der Waals surface area contributed by atoms with Crippen LogP contribution in [0.3, 0.4) is 0 Å². The van der Waals surface area contributed by atoms with Crippen LogP contribution in [0.15, 0.2) is 24.3 Å². The van der Waals surface area contributed by atoms with E-state index in [2.05, 4.69) is 24.4 Å². The predicted octanol–water partition coefficient (Wildman–Crippen LogP) is 4.08. The normalized spacial score (nSPS) is 17.3. The van der Waals surface area contributed by atoms with Gasteiger partial charge in [-0.3, -0.25) is 0 Å². The molecule has 1 aliphatic rings. The zero-order valence-electron chi connectivity index (χ0n) is 13.6. The summed E-state index contributed by atoms with van der Waals surface area (Å²) < 4.78 is 11.5. The fourth-order valence-corrected chi connectivity index (χ4v) is 2.78. The zero-order chi connectivity index (χ0) is 15.1. The molecule has 1 aromatic rings. The number of hydrogen-bond donors (Lipinski definition) is 1. The summed E-state index contributed by atoms with van der Waals surface area (Å²) in [5.74, 6) is 0.936. The molecule has 0 aromatic heterocycles. The van der Waals surface area contributed by atoms with E-state index in [-0.39, 0.29) is 6.10 Å². The van der Waals surface area contributed by atoms with E-state index in [0.717, 1.165) is 18.9 Å². The van der Waals surface area contributed by atoms with E-state index in [4.69, 9.17) is 9.47 Å². The summed E-state index contributed by atoms with van der Waals surface area (Å²) in [4.78, 5) is 0. The number of nitrogens with one attached hydrogen (secondary N) is 1. The molecular formula is C18H29NO2. The van der Waals surface area contributed by atoms with Gasteiger partial charge in [0.25, 0.3) is 0 Å². The largest absolute Gasteiger partial charge is 0.491 e. The van der Waals surface area contributed by atoms with Gasteiger partial charge in [0.05, 0.1) is 18.8 Å². The van der Waals surface area contributed by atoms with Crippen molar-refractivity contribution in [2.75, 3.05) is 13.2 Å². The van der Waals surface area contributed by atoms with Crippen molar-refractivity contribution >= 4 is 0 Å². The van der Waals surface area contributed by atoms with Crippen molar-refractivity contribution in [1.29, 1.82) is 0 Å². The monoisotopic (exact) mass is 291 g/mol. The Hall–Kier alpha value is -1.06. The van der Waals surface area contributed by atoms with E-state index in [1.807, 2.05) is 26.0 Å². The number of hydrogen-bond acceptors (Lipinski definition) is 3. The molecule has 1 aliphatic carbocycles. The predicted molar refractivity (Wildman–Crippen MR) is 86.8 cm³/mol. The molecule has 21 heavy (non-hydrogen) atoms. The molecule has 0 heterocycles. The quantitative estimate of drug-likeness (QED) is 0.732. The summed E-state index contributed by atoms with van der Waals surface area (Å²) in [5, 5.41) is 3.52. The van der Waals surface area contributed by atoms with Gasteiger partial charge in [-0.2, -0.15) is 0 Å². The third kappa shape index (κ3) is 5.68. The van der Waals surface area contributed by atoms with Crippen LogP contribution in [-0.2, 0) is 4.74 Å². The Bertz CT molecular complexity index is 396. The average Bonchev–Trinajstić information content (AvgIpc) is 2.97. The van der Waals surface area contributed by atoms with Gasteiger partial charge in [-0.15, -0.1) is 0 Å². The van der Waals surface area contributed by atoms with Crippen molar-refractivity contribution < 1.29 is 9.47 Å². The van der Waals surface area contributed by atoms with Crippen LogP contribution in [0.1, 0.15) is 58.1 Å². The number of ether oxygens (including phenoxy) is 2. The maximum absolute atomic E-state index is 5.87. The molecule has 3 heteroatoms.